The van der Waals surface area contributed by atoms with Gasteiger partial charge in [-0.2, -0.15) is 5.10 Å². The highest BCUT2D eigenvalue weighted by Crippen LogP contribution is 2.42. The molecule has 0 saturated carbocycles. The molecule has 152 valence electrons. The highest BCUT2D eigenvalue weighted by Gasteiger charge is 2.39. The molecule has 1 saturated heterocycles. The van der Waals surface area contributed by atoms with Crippen molar-refractivity contribution in [1.29, 1.82) is 0 Å². The van der Waals surface area contributed by atoms with Crippen molar-refractivity contribution < 1.29 is 5.11 Å². The zero-order chi connectivity index (χ0) is 20.4. The molecule has 1 fully saturated rings. The van der Waals surface area contributed by atoms with Gasteiger partial charge in [0.2, 0.25) is 0 Å². The molecule has 2 aliphatic rings. The molecule has 2 aliphatic heterocycles. The standard InChI is InChI=1S/C22H25ClN4OS/c1-15-20(22(29)25-26-13-5-2-6-14-26)24-27(19-8-4-3-7-18(19)23)21(15)16-9-11-17(28)12-10-16/h3-4,7-12,15,21,28H,2,5-6,13-14H2,1H3,(H,25,29)/t15-,21-/m0/s1. The molecule has 0 radical (unpaired) electrons. The number of phenols is 1. The van der Waals surface area contributed by atoms with Crippen molar-refractivity contribution >= 4 is 40.2 Å². The van der Waals surface area contributed by atoms with Crippen molar-refractivity contribution in [3.8, 4) is 5.75 Å². The van der Waals surface area contributed by atoms with Crippen LogP contribution in [0.15, 0.2) is 53.6 Å². The van der Waals surface area contributed by atoms with E-state index in [1.165, 1.54) is 19.3 Å². The summed E-state index contributed by atoms with van der Waals surface area (Å²) < 4.78 is 0. The minimum absolute atomic E-state index is 0.0561. The van der Waals surface area contributed by atoms with Crippen LogP contribution in [0, 0.1) is 5.92 Å². The molecule has 0 amide bonds. The zero-order valence-corrected chi connectivity index (χ0v) is 18.0. The molecule has 4 rings (SSSR count). The van der Waals surface area contributed by atoms with Crippen LogP contribution in [0.2, 0.25) is 5.02 Å². The maximum absolute atomic E-state index is 9.72. The first-order valence-corrected chi connectivity index (χ1v) is 10.8. The molecule has 7 heteroatoms. The average Bonchev–Trinajstić information content (AvgIpc) is 3.07. The third-order valence-electron chi connectivity index (χ3n) is 5.57. The van der Waals surface area contributed by atoms with Crippen molar-refractivity contribution in [2.75, 3.05) is 18.1 Å². The van der Waals surface area contributed by atoms with Crippen molar-refractivity contribution in [3.05, 3.63) is 59.1 Å². The molecule has 0 aromatic heterocycles. The molecule has 0 aliphatic carbocycles. The van der Waals surface area contributed by atoms with Gasteiger partial charge in [0.05, 0.1) is 16.8 Å². The maximum atomic E-state index is 9.72. The van der Waals surface area contributed by atoms with Crippen LogP contribution in [-0.2, 0) is 0 Å². The van der Waals surface area contributed by atoms with Crippen LogP contribution in [0.4, 0.5) is 5.69 Å². The molecule has 5 nitrogen and oxygen atoms in total. The molecule has 0 bridgehead atoms. The molecule has 0 spiro atoms. The second-order valence-electron chi connectivity index (χ2n) is 7.59. The molecule has 2 N–H and O–H groups in total. The quantitative estimate of drug-likeness (QED) is 0.677. The van der Waals surface area contributed by atoms with E-state index in [-0.39, 0.29) is 17.7 Å². The van der Waals surface area contributed by atoms with Gasteiger partial charge in [-0.15, -0.1) is 0 Å². The van der Waals surface area contributed by atoms with Crippen LogP contribution in [0.25, 0.3) is 0 Å². The van der Waals surface area contributed by atoms with Crippen LogP contribution >= 0.6 is 23.8 Å². The number of halogens is 1. The van der Waals surface area contributed by atoms with Gasteiger partial charge in [-0.1, -0.05) is 61.4 Å². The summed E-state index contributed by atoms with van der Waals surface area (Å²) in [5, 5.41) is 19.4. The zero-order valence-electron chi connectivity index (χ0n) is 16.4. The fraction of sp³-hybridized carbons (Fsp3) is 0.364. The topological polar surface area (TPSA) is 51.1 Å². The number of hydrazone groups is 1. The highest BCUT2D eigenvalue weighted by molar-refractivity contribution is 7.82. The highest BCUT2D eigenvalue weighted by atomic mass is 35.5. The SMILES string of the molecule is C[C@H]1C(C(=S)NN2CCCCC2)=NN(c2ccccc2Cl)[C@@H]1c1ccc(O)cc1. The Balaban J connectivity index is 1.66. The van der Waals surface area contributed by atoms with Crippen molar-refractivity contribution in [3.63, 3.8) is 0 Å². The van der Waals surface area contributed by atoms with Gasteiger partial charge in [0.25, 0.3) is 0 Å². The van der Waals surface area contributed by atoms with E-state index >= 15 is 0 Å². The van der Waals surface area contributed by atoms with Crippen LogP contribution in [0.3, 0.4) is 0 Å². The van der Waals surface area contributed by atoms with Gasteiger partial charge in [0, 0.05) is 19.0 Å². The van der Waals surface area contributed by atoms with E-state index in [1.54, 1.807) is 12.1 Å². The fourth-order valence-electron chi connectivity index (χ4n) is 4.03. The molecular weight excluding hydrogens is 404 g/mol. The third kappa shape index (κ3) is 4.25. The Labute approximate surface area is 181 Å². The van der Waals surface area contributed by atoms with E-state index in [0.29, 0.717) is 10.0 Å². The smallest absolute Gasteiger partial charge is 0.137 e. The Morgan fingerprint density at radius 2 is 1.79 bits per heavy atom. The normalized spacial score (nSPS) is 22.4. The molecule has 2 aromatic rings. The second kappa shape index (κ2) is 8.69. The van der Waals surface area contributed by atoms with Crippen molar-refractivity contribution in [2.24, 2.45) is 11.0 Å². The Bertz CT molecular complexity index is 911. The Morgan fingerprint density at radius 1 is 1.10 bits per heavy atom. The minimum Gasteiger partial charge on any atom is -0.508 e. The monoisotopic (exact) mass is 428 g/mol. The number of benzene rings is 2. The van der Waals surface area contributed by atoms with Gasteiger partial charge in [-0.25, -0.2) is 5.01 Å². The largest absolute Gasteiger partial charge is 0.508 e. The van der Waals surface area contributed by atoms with E-state index in [9.17, 15) is 5.11 Å². The van der Waals surface area contributed by atoms with Gasteiger partial charge in [0.1, 0.15) is 16.4 Å². The van der Waals surface area contributed by atoms with Gasteiger partial charge in [0.15, 0.2) is 0 Å². The Morgan fingerprint density at radius 3 is 2.48 bits per heavy atom. The predicted molar refractivity (Wildman–Crippen MR) is 123 cm³/mol. The number of hydrazine groups is 1. The second-order valence-corrected chi connectivity index (χ2v) is 8.41. The summed E-state index contributed by atoms with van der Waals surface area (Å²) in [4.78, 5) is 0.665. The van der Waals surface area contributed by atoms with Gasteiger partial charge < -0.3 is 10.5 Å². The number of hydrogen-bond donors (Lipinski definition) is 2. The Kier molecular flexibility index (Phi) is 6.04. The summed E-state index contributed by atoms with van der Waals surface area (Å²) in [6.07, 6.45) is 3.63. The van der Waals surface area contributed by atoms with Crippen LogP contribution in [0.1, 0.15) is 37.8 Å². The Hall–Kier alpha value is -2.15. The van der Waals surface area contributed by atoms with Crippen LogP contribution in [0.5, 0.6) is 5.75 Å². The van der Waals surface area contributed by atoms with Gasteiger partial charge in [-0.3, -0.25) is 5.01 Å². The number of anilines is 1. The number of thiocarbonyl (C=S) groups is 1. The summed E-state index contributed by atoms with van der Waals surface area (Å²) in [5.41, 5.74) is 6.14. The van der Waals surface area contributed by atoms with E-state index in [1.807, 2.05) is 41.4 Å². The molecule has 29 heavy (non-hydrogen) atoms. The number of para-hydroxylation sites is 1. The maximum Gasteiger partial charge on any atom is 0.137 e. The van der Waals surface area contributed by atoms with E-state index in [0.717, 1.165) is 30.1 Å². The first-order chi connectivity index (χ1) is 14.0. The van der Waals surface area contributed by atoms with E-state index in [2.05, 4.69) is 17.4 Å². The molecule has 2 heterocycles. The van der Waals surface area contributed by atoms with Gasteiger partial charge in [-0.05, 0) is 42.7 Å². The lowest BCUT2D eigenvalue weighted by atomic mass is 9.91. The van der Waals surface area contributed by atoms with E-state index < -0.39 is 0 Å². The molecular formula is C22H25ClN4OS. The fourth-order valence-corrected chi connectivity index (χ4v) is 4.61. The summed E-state index contributed by atoms with van der Waals surface area (Å²) in [7, 11) is 0. The van der Waals surface area contributed by atoms with Crippen molar-refractivity contribution in [1.82, 2.24) is 10.4 Å². The number of hydrogen-bond acceptors (Lipinski definition) is 5. The third-order valence-corrected chi connectivity index (χ3v) is 6.19. The van der Waals surface area contributed by atoms with Crippen LogP contribution in [-0.4, -0.2) is 33.9 Å². The molecule has 0 unspecified atom stereocenters. The lowest BCUT2D eigenvalue weighted by Gasteiger charge is -2.29. The average molecular weight is 429 g/mol. The first kappa shape index (κ1) is 20.1. The van der Waals surface area contributed by atoms with Crippen molar-refractivity contribution in [2.45, 2.75) is 32.2 Å². The lowest BCUT2D eigenvalue weighted by Crippen LogP contribution is -2.47. The minimum atomic E-state index is -0.0633. The van der Waals surface area contributed by atoms with Gasteiger partial charge >= 0.3 is 0 Å². The lowest BCUT2D eigenvalue weighted by molar-refractivity contribution is 0.197. The number of aromatic hydroxyl groups is 1. The molecule has 2 aromatic carbocycles. The predicted octanol–water partition coefficient (Wildman–Crippen LogP) is 4.92. The number of piperidine rings is 1. The number of nitrogens with zero attached hydrogens (tertiary/aromatic N) is 3. The number of nitrogens with one attached hydrogen (secondary N) is 1. The van der Waals surface area contributed by atoms with E-state index in [4.69, 9.17) is 28.9 Å². The number of rotatable bonds is 4. The van der Waals surface area contributed by atoms with Crippen LogP contribution < -0.4 is 10.4 Å². The summed E-state index contributed by atoms with van der Waals surface area (Å²) >= 11 is 12.3. The first-order valence-electron chi connectivity index (χ1n) is 10.0. The summed E-state index contributed by atoms with van der Waals surface area (Å²) in [5.74, 6) is 0.299. The number of phenolic OH excluding ortho intramolecular Hbond substituents is 1. The molecule has 2 atom stereocenters. The summed E-state index contributed by atoms with van der Waals surface area (Å²) in [6, 6.07) is 14.9. The summed E-state index contributed by atoms with van der Waals surface area (Å²) in [6.45, 7) is 4.13.